The van der Waals surface area contributed by atoms with Crippen LogP contribution in [-0.2, 0) is 11.3 Å². The summed E-state index contributed by atoms with van der Waals surface area (Å²) in [5.74, 6) is 0. The summed E-state index contributed by atoms with van der Waals surface area (Å²) in [7, 11) is 4.41. The van der Waals surface area contributed by atoms with Gasteiger partial charge in [-0.1, -0.05) is 43.7 Å². The Labute approximate surface area is 99.4 Å². The molecule has 1 aromatic carbocycles. The SMILES string of the molecule is CCCCOC[N+](C)(C)Cc1ccccc1. The third-order valence-corrected chi connectivity index (χ3v) is 2.54. The molecule has 2 heteroatoms. The topological polar surface area (TPSA) is 9.23 Å². The van der Waals surface area contributed by atoms with Gasteiger partial charge in [0.15, 0.2) is 6.73 Å². The van der Waals surface area contributed by atoms with Gasteiger partial charge < -0.3 is 9.22 Å². The third-order valence-electron chi connectivity index (χ3n) is 2.54. The smallest absolute Gasteiger partial charge is 0.182 e. The van der Waals surface area contributed by atoms with Crippen LogP contribution in [0.1, 0.15) is 25.3 Å². The third kappa shape index (κ3) is 5.29. The van der Waals surface area contributed by atoms with Gasteiger partial charge in [0.1, 0.15) is 6.54 Å². The second-order valence-corrected chi connectivity index (χ2v) is 4.97. The Hall–Kier alpha value is -0.860. The van der Waals surface area contributed by atoms with Crippen LogP contribution in [0, 0.1) is 0 Å². The molecule has 1 aromatic rings. The predicted molar refractivity (Wildman–Crippen MR) is 68.0 cm³/mol. The highest BCUT2D eigenvalue weighted by molar-refractivity contribution is 5.13. The molecule has 0 saturated heterocycles. The number of unbranched alkanes of at least 4 members (excludes halogenated alkanes) is 1. The van der Waals surface area contributed by atoms with E-state index in [0.717, 1.165) is 30.8 Å². The molecule has 0 aliphatic heterocycles. The molecule has 0 heterocycles. The Morgan fingerprint density at radius 1 is 1.12 bits per heavy atom. The minimum atomic E-state index is 0.787. The van der Waals surface area contributed by atoms with Crippen LogP contribution in [-0.4, -0.2) is 31.9 Å². The minimum Gasteiger partial charge on any atom is -0.332 e. The maximum absolute atomic E-state index is 5.68. The number of nitrogens with zero attached hydrogens (tertiary/aromatic N) is 1. The van der Waals surface area contributed by atoms with E-state index in [9.17, 15) is 0 Å². The Balaban J connectivity index is 2.33. The van der Waals surface area contributed by atoms with Crippen molar-refractivity contribution in [1.82, 2.24) is 0 Å². The van der Waals surface area contributed by atoms with Crippen molar-refractivity contribution >= 4 is 0 Å². The van der Waals surface area contributed by atoms with Gasteiger partial charge in [0.25, 0.3) is 0 Å². The van der Waals surface area contributed by atoms with Crippen molar-refractivity contribution in [2.24, 2.45) is 0 Å². The maximum atomic E-state index is 5.68. The second kappa shape index (κ2) is 6.66. The first-order valence-electron chi connectivity index (χ1n) is 6.08. The molecule has 0 spiro atoms. The molecule has 0 aromatic heterocycles. The van der Waals surface area contributed by atoms with E-state index in [1.54, 1.807) is 0 Å². The van der Waals surface area contributed by atoms with Crippen molar-refractivity contribution in [2.45, 2.75) is 26.3 Å². The zero-order valence-corrected chi connectivity index (χ0v) is 10.8. The summed E-state index contributed by atoms with van der Waals surface area (Å²) in [6, 6.07) is 10.6. The summed E-state index contributed by atoms with van der Waals surface area (Å²) in [6.45, 7) is 4.88. The number of hydrogen-bond donors (Lipinski definition) is 0. The number of ether oxygens (including phenoxy) is 1. The van der Waals surface area contributed by atoms with Gasteiger partial charge in [0, 0.05) is 5.56 Å². The van der Waals surface area contributed by atoms with Crippen LogP contribution in [0.2, 0.25) is 0 Å². The zero-order valence-electron chi connectivity index (χ0n) is 10.8. The van der Waals surface area contributed by atoms with E-state index < -0.39 is 0 Å². The van der Waals surface area contributed by atoms with Crippen molar-refractivity contribution in [1.29, 1.82) is 0 Å². The predicted octanol–water partition coefficient (Wildman–Crippen LogP) is 3.04. The molecule has 1 rings (SSSR count). The van der Waals surface area contributed by atoms with E-state index in [1.165, 1.54) is 12.0 Å². The fraction of sp³-hybridized carbons (Fsp3) is 0.571. The highest BCUT2D eigenvalue weighted by Crippen LogP contribution is 2.09. The van der Waals surface area contributed by atoms with Crippen molar-refractivity contribution in [3.05, 3.63) is 35.9 Å². The number of hydrogen-bond acceptors (Lipinski definition) is 1. The molecule has 0 atom stereocenters. The first-order chi connectivity index (χ1) is 7.64. The average molecular weight is 222 g/mol. The highest BCUT2D eigenvalue weighted by Gasteiger charge is 2.15. The minimum absolute atomic E-state index is 0.787. The molecule has 0 aliphatic rings. The maximum Gasteiger partial charge on any atom is 0.182 e. The molecule has 16 heavy (non-hydrogen) atoms. The quantitative estimate of drug-likeness (QED) is 0.391. The molecule has 90 valence electrons. The van der Waals surface area contributed by atoms with Crippen LogP contribution in [0.4, 0.5) is 0 Å². The van der Waals surface area contributed by atoms with Gasteiger partial charge in [-0.05, 0) is 6.42 Å². The summed E-state index contributed by atoms with van der Waals surface area (Å²) in [5, 5.41) is 0. The summed E-state index contributed by atoms with van der Waals surface area (Å²) in [6.07, 6.45) is 2.36. The lowest BCUT2D eigenvalue weighted by atomic mass is 10.2. The first kappa shape index (κ1) is 13.2. The summed E-state index contributed by atoms with van der Waals surface area (Å²) in [5.41, 5.74) is 1.37. The van der Waals surface area contributed by atoms with E-state index in [0.29, 0.717) is 0 Å². The van der Waals surface area contributed by atoms with Gasteiger partial charge in [0.05, 0.1) is 20.7 Å². The summed E-state index contributed by atoms with van der Waals surface area (Å²) < 4.78 is 6.57. The lowest BCUT2D eigenvalue weighted by Crippen LogP contribution is -2.40. The van der Waals surface area contributed by atoms with Crippen molar-refractivity contribution in [3.8, 4) is 0 Å². The lowest BCUT2D eigenvalue weighted by molar-refractivity contribution is -0.922. The first-order valence-corrected chi connectivity index (χ1v) is 6.08. The Bertz CT molecular complexity index is 282. The molecule has 0 saturated carbocycles. The van der Waals surface area contributed by atoms with Gasteiger partial charge >= 0.3 is 0 Å². The molecule has 0 bridgehead atoms. The van der Waals surface area contributed by atoms with E-state index in [4.69, 9.17) is 4.74 Å². The lowest BCUT2D eigenvalue weighted by Gasteiger charge is -2.29. The van der Waals surface area contributed by atoms with Crippen LogP contribution in [0.25, 0.3) is 0 Å². The fourth-order valence-corrected chi connectivity index (χ4v) is 1.68. The van der Waals surface area contributed by atoms with Gasteiger partial charge in [0.2, 0.25) is 0 Å². The summed E-state index contributed by atoms with van der Waals surface area (Å²) >= 11 is 0. The van der Waals surface area contributed by atoms with Crippen LogP contribution in [0.3, 0.4) is 0 Å². The van der Waals surface area contributed by atoms with Crippen molar-refractivity contribution in [3.63, 3.8) is 0 Å². The number of benzene rings is 1. The van der Waals surface area contributed by atoms with Crippen LogP contribution in [0.15, 0.2) is 30.3 Å². The van der Waals surface area contributed by atoms with Crippen LogP contribution >= 0.6 is 0 Å². The largest absolute Gasteiger partial charge is 0.332 e. The second-order valence-electron chi connectivity index (χ2n) is 4.97. The van der Waals surface area contributed by atoms with Gasteiger partial charge in [-0.2, -0.15) is 0 Å². The Kier molecular flexibility index (Phi) is 5.50. The number of rotatable bonds is 7. The monoisotopic (exact) mass is 222 g/mol. The summed E-state index contributed by atoms with van der Waals surface area (Å²) in [4.78, 5) is 0. The van der Waals surface area contributed by atoms with Crippen molar-refractivity contribution in [2.75, 3.05) is 27.4 Å². The van der Waals surface area contributed by atoms with Crippen LogP contribution < -0.4 is 0 Å². The van der Waals surface area contributed by atoms with E-state index in [1.807, 2.05) is 0 Å². The van der Waals surface area contributed by atoms with E-state index >= 15 is 0 Å². The average Bonchev–Trinajstić information content (AvgIpc) is 2.25. The normalized spacial score (nSPS) is 11.7. The van der Waals surface area contributed by atoms with Gasteiger partial charge in [-0.15, -0.1) is 0 Å². The molecule has 0 unspecified atom stereocenters. The van der Waals surface area contributed by atoms with Crippen molar-refractivity contribution < 1.29 is 9.22 Å². The Morgan fingerprint density at radius 2 is 1.81 bits per heavy atom. The molecule has 0 aliphatic carbocycles. The Morgan fingerprint density at radius 3 is 2.44 bits per heavy atom. The molecule has 0 N–H and O–H groups in total. The van der Waals surface area contributed by atoms with Gasteiger partial charge in [-0.25, -0.2) is 0 Å². The van der Waals surface area contributed by atoms with E-state index in [-0.39, 0.29) is 0 Å². The zero-order chi connectivity index (χ0) is 11.9. The molecule has 2 nitrogen and oxygen atoms in total. The van der Waals surface area contributed by atoms with Gasteiger partial charge in [-0.3, -0.25) is 0 Å². The molecular weight excluding hydrogens is 198 g/mol. The molecule has 0 radical (unpaired) electrons. The number of quaternary nitrogens is 1. The molecule has 0 amide bonds. The molecular formula is C14H24NO+. The standard InChI is InChI=1S/C14H24NO/c1-4-5-11-16-13-15(2,3)12-14-9-7-6-8-10-14/h6-10H,4-5,11-13H2,1-3H3/q+1. The van der Waals surface area contributed by atoms with E-state index in [2.05, 4.69) is 51.4 Å². The highest BCUT2D eigenvalue weighted by atomic mass is 16.5. The van der Waals surface area contributed by atoms with Crippen LogP contribution in [0.5, 0.6) is 0 Å². The molecule has 0 fully saturated rings. The fourth-order valence-electron chi connectivity index (χ4n) is 1.68.